The van der Waals surface area contributed by atoms with Crippen molar-refractivity contribution in [1.82, 2.24) is 20.9 Å². The zero-order chi connectivity index (χ0) is 13.2. The van der Waals surface area contributed by atoms with Crippen LogP contribution in [0.5, 0.6) is 0 Å². The highest BCUT2D eigenvalue weighted by atomic mass is 16.2. The van der Waals surface area contributed by atoms with Gasteiger partial charge in [-0.3, -0.25) is 4.79 Å². The second kappa shape index (κ2) is 5.36. The van der Waals surface area contributed by atoms with E-state index in [9.17, 15) is 9.59 Å². The summed E-state index contributed by atoms with van der Waals surface area (Å²) in [6.07, 6.45) is 5.21. The minimum Gasteiger partial charge on any atom is -0.349 e. The molecule has 3 saturated heterocycles. The molecule has 0 saturated carbocycles. The number of fused-ring (bicyclic) bond motifs is 1. The van der Waals surface area contributed by atoms with Crippen molar-refractivity contribution in [2.45, 2.75) is 50.2 Å². The van der Waals surface area contributed by atoms with Crippen LogP contribution in [0.2, 0.25) is 0 Å². The average Bonchev–Trinajstić information content (AvgIpc) is 2.69. The molecule has 3 fully saturated rings. The third-order valence-corrected chi connectivity index (χ3v) is 4.41. The maximum absolute atomic E-state index is 12.3. The number of nitrogens with one attached hydrogen (secondary N) is 3. The van der Waals surface area contributed by atoms with Crippen LogP contribution in [0.1, 0.15) is 32.1 Å². The van der Waals surface area contributed by atoms with E-state index in [1.807, 2.05) is 0 Å². The Bertz CT molecular complexity index is 366. The highest BCUT2D eigenvalue weighted by Gasteiger charge is 2.49. The molecular weight excluding hydrogens is 244 g/mol. The zero-order valence-corrected chi connectivity index (χ0v) is 11.2. The Morgan fingerprint density at radius 1 is 1.21 bits per heavy atom. The third kappa shape index (κ3) is 2.54. The summed E-state index contributed by atoms with van der Waals surface area (Å²) in [5.41, 5.74) is 0. The highest BCUT2D eigenvalue weighted by Crippen LogP contribution is 2.25. The van der Waals surface area contributed by atoms with Gasteiger partial charge in [-0.25, -0.2) is 4.79 Å². The normalized spacial score (nSPS) is 34.6. The van der Waals surface area contributed by atoms with Gasteiger partial charge in [-0.2, -0.15) is 0 Å². The van der Waals surface area contributed by atoms with E-state index in [4.69, 9.17) is 0 Å². The summed E-state index contributed by atoms with van der Waals surface area (Å²) in [5, 5.41) is 9.31. The number of hydrogen-bond acceptors (Lipinski definition) is 3. The van der Waals surface area contributed by atoms with Crippen molar-refractivity contribution in [1.29, 1.82) is 0 Å². The number of rotatable bonds is 1. The van der Waals surface area contributed by atoms with Crippen LogP contribution < -0.4 is 16.0 Å². The quantitative estimate of drug-likeness (QED) is 0.576. The molecule has 3 rings (SSSR count). The van der Waals surface area contributed by atoms with Crippen LogP contribution in [0.15, 0.2) is 0 Å². The van der Waals surface area contributed by atoms with E-state index in [1.54, 1.807) is 4.90 Å². The van der Waals surface area contributed by atoms with Gasteiger partial charge in [0.05, 0.1) is 6.04 Å². The van der Waals surface area contributed by atoms with Gasteiger partial charge in [0.2, 0.25) is 5.91 Å². The molecule has 3 N–H and O–H groups in total. The zero-order valence-electron chi connectivity index (χ0n) is 11.2. The molecule has 0 aromatic carbocycles. The molecule has 0 aromatic heterocycles. The summed E-state index contributed by atoms with van der Waals surface area (Å²) in [6, 6.07) is 0.152. The lowest BCUT2D eigenvalue weighted by Crippen LogP contribution is -2.66. The SMILES string of the molecule is O=C1N[C@@H]2CCN(C(=O)NC3CCCCNCC3)[C@H]12. The number of carbonyl (C=O) groups is 2. The van der Waals surface area contributed by atoms with Crippen LogP contribution >= 0.6 is 0 Å². The van der Waals surface area contributed by atoms with E-state index in [2.05, 4.69) is 16.0 Å². The molecule has 0 aliphatic carbocycles. The molecule has 0 radical (unpaired) electrons. The van der Waals surface area contributed by atoms with Gasteiger partial charge in [-0.15, -0.1) is 0 Å². The Labute approximate surface area is 113 Å². The molecule has 3 amide bonds. The molecular formula is C13H22N4O2. The molecule has 0 bridgehead atoms. The Morgan fingerprint density at radius 3 is 2.95 bits per heavy atom. The third-order valence-electron chi connectivity index (χ3n) is 4.41. The van der Waals surface area contributed by atoms with Crippen LogP contribution in [-0.4, -0.2) is 54.6 Å². The van der Waals surface area contributed by atoms with Gasteiger partial charge in [0, 0.05) is 12.6 Å². The van der Waals surface area contributed by atoms with Crippen LogP contribution in [0, 0.1) is 0 Å². The number of urea groups is 1. The van der Waals surface area contributed by atoms with Crippen LogP contribution in [0.3, 0.4) is 0 Å². The van der Waals surface area contributed by atoms with Crippen molar-refractivity contribution in [3.63, 3.8) is 0 Å². The molecule has 3 atom stereocenters. The molecule has 6 nitrogen and oxygen atoms in total. The average molecular weight is 266 g/mol. The summed E-state index contributed by atoms with van der Waals surface area (Å²) in [6.45, 7) is 2.72. The van der Waals surface area contributed by atoms with Crippen LogP contribution in [0.25, 0.3) is 0 Å². The summed E-state index contributed by atoms with van der Waals surface area (Å²) in [4.78, 5) is 25.4. The van der Waals surface area contributed by atoms with Crippen molar-refractivity contribution in [2.24, 2.45) is 0 Å². The first-order valence-electron chi connectivity index (χ1n) is 7.34. The fourth-order valence-electron chi connectivity index (χ4n) is 3.26. The molecule has 1 unspecified atom stereocenters. The molecule has 3 aliphatic rings. The number of hydrogen-bond donors (Lipinski definition) is 3. The maximum atomic E-state index is 12.3. The van der Waals surface area contributed by atoms with Crippen LogP contribution in [-0.2, 0) is 4.79 Å². The van der Waals surface area contributed by atoms with Gasteiger partial charge in [0.25, 0.3) is 0 Å². The minimum absolute atomic E-state index is 0.00279. The largest absolute Gasteiger partial charge is 0.349 e. The molecule has 106 valence electrons. The monoisotopic (exact) mass is 266 g/mol. The maximum Gasteiger partial charge on any atom is 0.318 e. The minimum atomic E-state index is -0.216. The molecule has 19 heavy (non-hydrogen) atoms. The van der Waals surface area contributed by atoms with Gasteiger partial charge in [-0.1, -0.05) is 6.42 Å². The lowest BCUT2D eigenvalue weighted by atomic mass is 10.0. The lowest BCUT2D eigenvalue weighted by molar-refractivity contribution is -0.132. The van der Waals surface area contributed by atoms with Gasteiger partial charge in [0.1, 0.15) is 6.04 Å². The van der Waals surface area contributed by atoms with Crippen molar-refractivity contribution >= 4 is 11.9 Å². The molecule has 3 aliphatic heterocycles. The van der Waals surface area contributed by atoms with E-state index in [1.165, 1.54) is 6.42 Å². The Balaban J connectivity index is 1.54. The summed E-state index contributed by atoms with van der Waals surface area (Å²) in [7, 11) is 0. The van der Waals surface area contributed by atoms with E-state index in [0.29, 0.717) is 6.54 Å². The first-order valence-corrected chi connectivity index (χ1v) is 7.34. The molecule has 0 spiro atoms. The van der Waals surface area contributed by atoms with Gasteiger partial charge in [0.15, 0.2) is 0 Å². The standard InChI is InChI=1S/C13H22N4O2/c18-12-11-10(16-12)5-8-17(11)13(19)15-9-3-1-2-6-14-7-4-9/h9-11,14H,1-8H2,(H,15,19)(H,16,18)/t9?,10-,11+/m1/s1. The lowest BCUT2D eigenvalue weighted by Gasteiger charge is -2.36. The first kappa shape index (κ1) is 12.7. The smallest absolute Gasteiger partial charge is 0.318 e. The van der Waals surface area contributed by atoms with Crippen molar-refractivity contribution in [3.8, 4) is 0 Å². The second-order valence-corrected chi connectivity index (χ2v) is 5.72. The summed E-state index contributed by atoms with van der Waals surface area (Å²) < 4.78 is 0. The fourth-order valence-corrected chi connectivity index (χ4v) is 3.26. The number of nitrogens with zero attached hydrogens (tertiary/aromatic N) is 1. The van der Waals surface area contributed by atoms with Gasteiger partial charge >= 0.3 is 6.03 Å². The van der Waals surface area contributed by atoms with Crippen LogP contribution in [0.4, 0.5) is 4.79 Å². The summed E-state index contributed by atoms with van der Waals surface area (Å²) >= 11 is 0. The summed E-state index contributed by atoms with van der Waals surface area (Å²) in [5.74, 6) is -0.00279. The highest BCUT2D eigenvalue weighted by molar-refractivity contribution is 5.94. The second-order valence-electron chi connectivity index (χ2n) is 5.72. The number of carbonyl (C=O) groups excluding carboxylic acids is 2. The molecule has 3 heterocycles. The molecule has 6 heteroatoms. The first-order chi connectivity index (χ1) is 9.25. The van der Waals surface area contributed by atoms with E-state index >= 15 is 0 Å². The predicted octanol–water partition coefficient (Wildman–Crippen LogP) is -0.199. The Kier molecular flexibility index (Phi) is 3.59. The fraction of sp³-hybridized carbons (Fsp3) is 0.846. The van der Waals surface area contributed by atoms with Crippen molar-refractivity contribution in [3.05, 3.63) is 0 Å². The van der Waals surface area contributed by atoms with Gasteiger partial charge in [-0.05, 0) is 38.8 Å². The van der Waals surface area contributed by atoms with Crippen molar-refractivity contribution in [2.75, 3.05) is 19.6 Å². The Hall–Kier alpha value is -1.30. The topological polar surface area (TPSA) is 73.5 Å². The van der Waals surface area contributed by atoms with E-state index < -0.39 is 0 Å². The van der Waals surface area contributed by atoms with Crippen molar-refractivity contribution < 1.29 is 9.59 Å². The Morgan fingerprint density at radius 2 is 2.11 bits per heavy atom. The van der Waals surface area contributed by atoms with Gasteiger partial charge < -0.3 is 20.9 Å². The van der Waals surface area contributed by atoms with E-state index in [-0.39, 0.29) is 30.1 Å². The molecule has 0 aromatic rings. The van der Waals surface area contributed by atoms with E-state index in [0.717, 1.165) is 38.8 Å². The number of likely N-dealkylation sites (tertiary alicyclic amines) is 1. The number of β-lactam (4-membered cyclic amide) rings is 1. The number of amides is 3. The predicted molar refractivity (Wildman–Crippen MR) is 70.7 cm³/mol.